The Morgan fingerprint density at radius 1 is 1.10 bits per heavy atom. The van der Waals surface area contributed by atoms with E-state index < -0.39 is 5.91 Å². The van der Waals surface area contributed by atoms with Gasteiger partial charge in [-0.2, -0.15) is 0 Å². The summed E-state index contributed by atoms with van der Waals surface area (Å²) < 4.78 is 0. The molecular weight excluding hydrogens is 386 g/mol. The summed E-state index contributed by atoms with van der Waals surface area (Å²) in [6, 6.07) is 18.0. The van der Waals surface area contributed by atoms with Crippen LogP contribution in [-0.4, -0.2) is 20.9 Å². The molecule has 0 aliphatic carbocycles. The van der Waals surface area contributed by atoms with Crippen LogP contribution in [0.2, 0.25) is 5.15 Å². The van der Waals surface area contributed by atoms with Crippen molar-refractivity contribution in [3.05, 3.63) is 82.8 Å². The lowest BCUT2D eigenvalue weighted by molar-refractivity contribution is 0.0946. The predicted molar refractivity (Wildman–Crippen MR) is 115 cm³/mol. The number of halogens is 1. The zero-order valence-electron chi connectivity index (χ0n) is 15.7. The molecular formula is C22H18ClN5O. The molecule has 2 aromatic heterocycles. The Morgan fingerprint density at radius 2 is 1.86 bits per heavy atom. The number of aromatic nitrogens is 3. The number of carbonyl (C=O) groups excluding carboxylic acids is 1. The third-order valence-corrected chi connectivity index (χ3v) is 4.81. The van der Waals surface area contributed by atoms with Gasteiger partial charge in [-0.1, -0.05) is 54.1 Å². The number of nitrogens with two attached hydrogens (primary N) is 1. The van der Waals surface area contributed by atoms with Gasteiger partial charge in [-0.25, -0.2) is 15.0 Å². The van der Waals surface area contributed by atoms with Crippen LogP contribution in [0, 0.1) is 6.92 Å². The van der Waals surface area contributed by atoms with Gasteiger partial charge < -0.3 is 11.1 Å². The summed E-state index contributed by atoms with van der Waals surface area (Å²) in [7, 11) is 0. The monoisotopic (exact) mass is 403 g/mol. The third kappa shape index (κ3) is 3.88. The molecule has 1 amide bonds. The van der Waals surface area contributed by atoms with E-state index in [9.17, 15) is 4.79 Å². The minimum atomic E-state index is -0.421. The molecule has 3 N–H and O–H groups in total. The Bertz CT molecular complexity index is 1220. The molecule has 0 aliphatic heterocycles. The lowest BCUT2D eigenvalue weighted by Crippen LogP contribution is -2.25. The normalized spacial score (nSPS) is 10.8. The van der Waals surface area contributed by atoms with Gasteiger partial charge in [0.05, 0.1) is 17.4 Å². The minimum absolute atomic E-state index is 0.00855. The second-order valence-electron chi connectivity index (χ2n) is 6.61. The van der Waals surface area contributed by atoms with Crippen molar-refractivity contribution in [2.24, 2.45) is 0 Å². The molecule has 144 valence electrons. The van der Waals surface area contributed by atoms with E-state index in [-0.39, 0.29) is 23.2 Å². The number of nitrogen functional groups attached to an aromatic ring is 1. The number of nitrogens with zero attached hydrogens (tertiary/aromatic N) is 3. The van der Waals surface area contributed by atoms with Gasteiger partial charge in [0, 0.05) is 17.5 Å². The van der Waals surface area contributed by atoms with Crippen molar-refractivity contribution < 1.29 is 4.79 Å². The second kappa shape index (κ2) is 7.85. The number of benzene rings is 2. The Balaban J connectivity index is 1.71. The number of hydrogen-bond acceptors (Lipinski definition) is 5. The summed E-state index contributed by atoms with van der Waals surface area (Å²) >= 11 is 5.76. The van der Waals surface area contributed by atoms with E-state index in [2.05, 4.69) is 15.3 Å². The number of anilines is 1. The molecule has 2 aromatic carbocycles. The molecule has 4 rings (SSSR count). The molecule has 0 atom stereocenters. The molecule has 0 unspecified atom stereocenters. The first-order chi connectivity index (χ1) is 14.0. The standard InChI is InChI=1S/C22H18ClN5O/c1-13-6-2-4-8-16(13)19-15(10-14-7-3-5-9-17(14)27-19)11-26-22(29)20-21(24)28-18(23)12-25-20/h2-10,12H,11H2,1H3,(H2,24,28)(H,26,29). The summed E-state index contributed by atoms with van der Waals surface area (Å²) in [6.07, 6.45) is 1.29. The quantitative estimate of drug-likeness (QED) is 0.533. The van der Waals surface area contributed by atoms with E-state index in [0.717, 1.165) is 33.3 Å². The van der Waals surface area contributed by atoms with Crippen molar-refractivity contribution in [3.63, 3.8) is 0 Å². The Kier molecular flexibility index (Phi) is 5.10. The number of hydrogen-bond donors (Lipinski definition) is 2. The molecule has 0 saturated carbocycles. The fraction of sp³-hybridized carbons (Fsp3) is 0.0909. The molecule has 0 bridgehead atoms. The number of para-hydroxylation sites is 1. The van der Waals surface area contributed by atoms with Crippen molar-refractivity contribution in [1.82, 2.24) is 20.3 Å². The molecule has 6 nitrogen and oxygen atoms in total. The Hall–Kier alpha value is -3.51. The maximum absolute atomic E-state index is 12.6. The first-order valence-electron chi connectivity index (χ1n) is 9.04. The molecule has 7 heteroatoms. The molecule has 0 radical (unpaired) electrons. The maximum Gasteiger partial charge on any atom is 0.273 e. The smallest absolute Gasteiger partial charge is 0.273 e. The summed E-state index contributed by atoms with van der Waals surface area (Å²) in [5.41, 5.74) is 10.6. The number of carbonyl (C=O) groups is 1. The lowest BCUT2D eigenvalue weighted by atomic mass is 9.99. The topological polar surface area (TPSA) is 93.8 Å². The van der Waals surface area contributed by atoms with E-state index in [1.54, 1.807) is 0 Å². The molecule has 0 saturated heterocycles. The van der Waals surface area contributed by atoms with Gasteiger partial charge in [-0.05, 0) is 30.2 Å². The zero-order valence-corrected chi connectivity index (χ0v) is 16.4. The van der Waals surface area contributed by atoms with Gasteiger partial charge in [0.1, 0.15) is 5.15 Å². The van der Waals surface area contributed by atoms with Crippen LogP contribution in [0.15, 0.2) is 60.8 Å². The predicted octanol–water partition coefficient (Wildman–Crippen LogP) is 4.17. The lowest BCUT2D eigenvalue weighted by Gasteiger charge is -2.14. The Morgan fingerprint density at radius 3 is 2.66 bits per heavy atom. The summed E-state index contributed by atoms with van der Waals surface area (Å²) in [5.74, 6) is -0.429. The van der Waals surface area contributed by atoms with E-state index in [0.29, 0.717) is 0 Å². The van der Waals surface area contributed by atoms with Crippen LogP contribution < -0.4 is 11.1 Å². The number of fused-ring (bicyclic) bond motifs is 1. The van der Waals surface area contributed by atoms with Gasteiger partial charge in [0.15, 0.2) is 11.5 Å². The van der Waals surface area contributed by atoms with Gasteiger partial charge in [0.2, 0.25) is 0 Å². The van der Waals surface area contributed by atoms with Crippen molar-refractivity contribution in [2.45, 2.75) is 13.5 Å². The second-order valence-corrected chi connectivity index (χ2v) is 7.00. The highest BCUT2D eigenvalue weighted by Gasteiger charge is 2.16. The SMILES string of the molecule is Cc1ccccc1-c1nc2ccccc2cc1CNC(=O)c1ncc(Cl)nc1N. The first kappa shape index (κ1) is 18.8. The van der Waals surface area contributed by atoms with Crippen molar-refractivity contribution >= 4 is 34.2 Å². The first-order valence-corrected chi connectivity index (χ1v) is 9.41. The van der Waals surface area contributed by atoms with Gasteiger partial charge in [-0.15, -0.1) is 0 Å². The minimum Gasteiger partial charge on any atom is -0.382 e. The van der Waals surface area contributed by atoms with Crippen LogP contribution in [0.4, 0.5) is 5.82 Å². The number of nitrogens with one attached hydrogen (secondary N) is 1. The van der Waals surface area contributed by atoms with E-state index in [1.165, 1.54) is 6.20 Å². The van der Waals surface area contributed by atoms with Crippen LogP contribution in [0.5, 0.6) is 0 Å². The molecule has 2 heterocycles. The van der Waals surface area contributed by atoms with Gasteiger partial charge in [-0.3, -0.25) is 4.79 Å². The third-order valence-electron chi connectivity index (χ3n) is 4.63. The number of aryl methyl sites for hydroxylation is 1. The van der Waals surface area contributed by atoms with Crippen LogP contribution >= 0.6 is 11.6 Å². The summed E-state index contributed by atoms with van der Waals surface area (Å²) in [5, 5.41) is 4.00. The number of amides is 1. The summed E-state index contributed by atoms with van der Waals surface area (Å²) in [4.78, 5) is 25.3. The fourth-order valence-electron chi connectivity index (χ4n) is 3.18. The molecule has 29 heavy (non-hydrogen) atoms. The van der Waals surface area contributed by atoms with Crippen LogP contribution in [0.1, 0.15) is 21.6 Å². The summed E-state index contributed by atoms with van der Waals surface area (Å²) in [6.45, 7) is 2.31. The maximum atomic E-state index is 12.6. The van der Waals surface area contributed by atoms with Crippen LogP contribution in [-0.2, 0) is 6.54 Å². The van der Waals surface area contributed by atoms with E-state index in [4.69, 9.17) is 22.3 Å². The van der Waals surface area contributed by atoms with Crippen molar-refractivity contribution in [2.75, 3.05) is 5.73 Å². The average molecular weight is 404 g/mol. The highest BCUT2D eigenvalue weighted by Crippen LogP contribution is 2.28. The highest BCUT2D eigenvalue weighted by atomic mass is 35.5. The largest absolute Gasteiger partial charge is 0.382 e. The van der Waals surface area contributed by atoms with Crippen molar-refractivity contribution in [1.29, 1.82) is 0 Å². The Labute approximate surface area is 172 Å². The highest BCUT2D eigenvalue weighted by molar-refractivity contribution is 6.29. The van der Waals surface area contributed by atoms with Gasteiger partial charge in [0.25, 0.3) is 5.91 Å². The van der Waals surface area contributed by atoms with E-state index in [1.807, 2.05) is 61.5 Å². The number of pyridine rings is 1. The zero-order chi connectivity index (χ0) is 20.4. The van der Waals surface area contributed by atoms with Crippen LogP contribution in [0.25, 0.3) is 22.2 Å². The molecule has 4 aromatic rings. The van der Waals surface area contributed by atoms with Gasteiger partial charge >= 0.3 is 0 Å². The fourth-order valence-corrected chi connectivity index (χ4v) is 3.32. The van der Waals surface area contributed by atoms with Crippen LogP contribution in [0.3, 0.4) is 0 Å². The van der Waals surface area contributed by atoms with E-state index >= 15 is 0 Å². The molecule has 0 fully saturated rings. The molecule has 0 spiro atoms. The number of rotatable bonds is 4. The molecule has 0 aliphatic rings. The van der Waals surface area contributed by atoms with Crippen molar-refractivity contribution in [3.8, 4) is 11.3 Å². The average Bonchev–Trinajstić information content (AvgIpc) is 2.72.